The van der Waals surface area contributed by atoms with E-state index in [0.29, 0.717) is 17.7 Å². The van der Waals surface area contributed by atoms with Gasteiger partial charge in [-0.25, -0.2) is 0 Å². The van der Waals surface area contributed by atoms with E-state index in [9.17, 15) is 9.59 Å². The molecule has 1 aliphatic rings. The van der Waals surface area contributed by atoms with Gasteiger partial charge in [0.2, 0.25) is 0 Å². The molecule has 2 rings (SSSR count). The molecular formula is C18H25I2NO2S. The van der Waals surface area contributed by atoms with Gasteiger partial charge < -0.3 is 0 Å². The number of rotatable bonds is 11. The highest BCUT2D eigenvalue weighted by molar-refractivity contribution is 14.1. The first kappa shape index (κ1) is 20.6. The zero-order valence-corrected chi connectivity index (χ0v) is 19.3. The van der Waals surface area contributed by atoms with E-state index in [2.05, 4.69) is 52.1 Å². The molecule has 6 heteroatoms. The van der Waals surface area contributed by atoms with Crippen molar-refractivity contribution in [3.05, 3.63) is 16.9 Å². The molecule has 0 aliphatic carbocycles. The Kier molecular flexibility index (Phi) is 8.97. The van der Waals surface area contributed by atoms with E-state index < -0.39 is 0 Å². The highest BCUT2D eigenvalue weighted by atomic mass is 127. The third-order valence-corrected chi connectivity index (χ3v) is 7.64. The van der Waals surface area contributed by atoms with Gasteiger partial charge in [0, 0.05) is 6.54 Å². The summed E-state index contributed by atoms with van der Waals surface area (Å²) in [5.74, 6) is -0.177. The molecule has 0 saturated carbocycles. The van der Waals surface area contributed by atoms with Crippen molar-refractivity contribution in [1.29, 1.82) is 0 Å². The lowest BCUT2D eigenvalue weighted by molar-refractivity contribution is 0.0650. The molecular weight excluding hydrogens is 548 g/mol. The molecule has 2 amide bonds. The highest BCUT2D eigenvalue weighted by Gasteiger charge is 2.40. The maximum absolute atomic E-state index is 12.4. The molecule has 2 heterocycles. The van der Waals surface area contributed by atoms with Gasteiger partial charge in [-0.05, 0) is 51.6 Å². The van der Waals surface area contributed by atoms with Crippen LogP contribution in [-0.4, -0.2) is 23.3 Å². The number of amides is 2. The van der Waals surface area contributed by atoms with Crippen LogP contribution < -0.4 is 0 Å². The summed E-state index contributed by atoms with van der Waals surface area (Å²) in [4.78, 5) is 26.3. The van der Waals surface area contributed by atoms with Crippen molar-refractivity contribution in [2.75, 3.05) is 6.54 Å². The molecule has 0 atom stereocenters. The van der Waals surface area contributed by atoms with Crippen LogP contribution in [0.4, 0.5) is 0 Å². The van der Waals surface area contributed by atoms with E-state index in [1.54, 1.807) is 0 Å². The quantitative estimate of drug-likeness (QED) is 0.173. The van der Waals surface area contributed by atoms with Crippen molar-refractivity contribution in [2.24, 2.45) is 0 Å². The van der Waals surface area contributed by atoms with Crippen molar-refractivity contribution in [2.45, 2.75) is 71.1 Å². The van der Waals surface area contributed by atoms with Crippen molar-refractivity contribution in [3.63, 3.8) is 0 Å². The van der Waals surface area contributed by atoms with E-state index in [4.69, 9.17) is 0 Å². The highest BCUT2D eigenvalue weighted by Crippen LogP contribution is 2.37. The molecule has 0 radical (unpaired) electrons. The summed E-state index contributed by atoms with van der Waals surface area (Å²) in [6.45, 7) is 2.82. The predicted molar refractivity (Wildman–Crippen MR) is 117 cm³/mol. The topological polar surface area (TPSA) is 37.4 Å². The van der Waals surface area contributed by atoms with Crippen LogP contribution in [-0.2, 0) is 0 Å². The number of halogens is 2. The van der Waals surface area contributed by atoms with Crippen LogP contribution >= 0.6 is 56.5 Å². The Morgan fingerprint density at radius 2 is 1.17 bits per heavy atom. The summed E-state index contributed by atoms with van der Waals surface area (Å²) < 4.78 is 1.88. The first-order valence-corrected chi connectivity index (χ1v) is 11.9. The van der Waals surface area contributed by atoms with E-state index in [0.717, 1.165) is 18.6 Å². The van der Waals surface area contributed by atoms with Crippen molar-refractivity contribution < 1.29 is 9.59 Å². The lowest BCUT2D eigenvalue weighted by Gasteiger charge is -2.14. The fraction of sp³-hybridized carbons (Fsp3) is 0.667. The Morgan fingerprint density at radius 3 is 1.62 bits per heavy atom. The molecule has 1 aliphatic heterocycles. The van der Waals surface area contributed by atoms with E-state index in [1.165, 1.54) is 67.6 Å². The second-order valence-corrected chi connectivity index (χ2v) is 11.0. The number of carbonyl (C=O) groups excluding carboxylic acids is 2. The smallest absolute Gasteiger partial charge is 0.263 e. The van der Waals surface area contributed by atoms with Crippen molar-refractivity contribution >= 4 is 68.3 Å². The number of nitrogens with zero attached hydrogens (tertiary/aromatic N) is 1. The maximum Gasteiger partial charge on any atom is 0.263 e. The first-order chi connectivity index (χ1) is 11.6. The monoisotopic (exact) mass is 573 g/mol. The minimum Gasteiger partial charge on any atom is -0.274 e. The number of hydrogen-bond donors (Lipinski definition) is 0. The Bertz CT molecular complexity index is 549. The minimum absolute atomic E-state index is 0.0884. The molecule has 24 heavy (non-hydrogen) atoms. The molecule has 0 spiro atoms. The van der Waals surface area contributed by atoms with Gasteiger partial charge in [-0.1, -0.05) is 64.7 Å². The van der Waals surface area contributed by atoms with Crippen LogP contribution in [0.1, 0.15) is 91.8 Å². The van der Waals surface area contributed by atoms with Crippen LogP contribution in [0.25, 0.3) is 0 Å². The Morgan fingerprint density at radius 1 is 0.750 bits per heavy atom. The Balaban J connectivity index is 1.63. The zero-order valence-electron chi connectivity index (χ0n) is 14.2. The van der Waals surface area contributed by atoms with Gasteiger partial charge in [0.05, 0.1) is 16.9 Å². The summed E-state index contributed by atoms with van der Waals surface area (Å²) in [5.41, 5.74) is 1.28. The summed E-state index contributed by atoms with van der Waals surface area (Å²) in [7, 11) is 0. The average Bonchev–Trinajstić information content (AvgIpc) is 2.98. The van der Waals surface area contributed by atoms with Crippen LogP contribution in [0.15, 0.2) is 0 Å². The van der Waals surface area contributed by atoms with Gasteiger partial charge in [0.1, 0.15) is 0 Å². The maximum atomic E-state index is 12.4. The molecule has 1 aromatic heterocycles. The fourth-order valence-electron chi connectivity index (χ4n) is 3.08. The molecule has 1 aromatic rings. The number of fused-ring (bicyclic) bond motifs is 1. The molecule has 0 fully saturated rings. The van der Waals surface area contributed by atoms with Crippen LogP contribution in [0.2, 0.25) is 0 Å². The third-order valence-electron chi connectivity index (χ3n) is 4.48. The van der Waals surface area contributed by atoms with Gasteiger partial charge in [-0.15, -0.1) is 11.3 Å². The molecule has 0 N–H and O–H groups in total. The fourth-order valence-corrected chi connectivity index (χ4v) is 7.41. The van der Waals surface area contributed by atoms with Gasteiger partial charge in [-0.2, -0.15) is 0 Å². The second kappa shape index (κ2) is 10.4. The molecule has 0 aromatic carbocycles. The van der Waals surface area contributed by atoms with Gasteiger partial charge in [0.15, 0.2) is 0 Å². The van der Waals surface area contributed by atoms with Gasteiger partial charge >= 0.3 is 0 Å². The van der Waals surface area contributed by atoms with Gasteiger partial charge in [-0.3, -0.25) is 14.5 Å². The summed E-state index contributed by atoms with van der Waals surface area (Å²) in [6, 6.07) is 0. The summed E-state index contributed by atoms with van der Waals surface area (Å²) in [5, 5.41) is 0. The Labute approximate surface area is 176 Å². The second-order valence-electron chi connectivity index (χ2n) is 6.34. The summed E-state index contributed by atoms with van der Waals surface area (Å²) >= 11 is 5.87. The SMILES string of the molecule is CCCCCCCCCCCCN1C(=O)c2c(I)sc(I)c2C1=O. The summed E-state index contributed by atoms with van der Waals surface area (Å²) in [6.07, 6.45) is 12.6. The van der Waals surface area contributed by atoms with Crippen LogP contribution in [0.5, 0.6) is 0 Å². The third kappa shape index (κ3) is 5.16. The first-order valence-electron chi connectivity index (χ1n) is 8.92. The zero-order chi connectivity index (χ0) is 17.5. The lowest BCUT2D eigenvalue weighted by atomic mass is 10.1. The number of unbranched alkanes of at least 4 members (excludes halogenated alkanes) is 9. The molecule has 0 bridgehead atoms. The Hall–Kier alpha value is 0.300. The number of imide groups is 1. The standard InChI is InChI=1S/C18H25I2NO2S/c1-2-3-4-5-6-7-8-9-10-11-12-21-17(22)13-14(18(21)23)16(20)24-15(13)19/h2-12H2,1H3. The molecule has 0 unspecified atom stereocenters. The van der Waals surface area contributed by atoms with E-state index >= 15 is 0 Å². The van der Waals surface area contributed by atoms with E-state index in [1.807, 2.05) is 0 Å². The number of carbonyl (C=O) groups is 2. The van der Waals surface area contributed by atoms with Crippen LogP contribution in [0.3, 0.4) is 0 Å². The lowest BCUT2D eigenvalue weighted by Crippen LogP contribution is -2.31. The van der Waals surface area contributed by atoms with E-state index in [-0.39, 0.29) is 11.8 Å². The van der Waals surface area contributed by atoms with Crippen LogP contribution in [0, 0.1) is 5.77 Å². The predicted octanol–water partition coefficient (Wildman–Crippen LogP) is 6.47. The van der Waals surface area contributed by atoms with Gasteiger partial charge in [0.25, 0.3) is 11.8 Å². The van der Waals surface area contributed by atoms with Crippen molar-refractivity contribution in [3.8, 4) is 0 Å². The molecule has 0 saturated heterocycles. The normalized spacial score (nSPS) is 13.9. The minimum atomic E-state index is -0.0884. The number of hydrogen-bond acceptors (Lipinski definition) is 3. The molecule has 3 nitrogen and oxygen atoms in total. The largest absolute Gasteiger partial charge is 0.274 e. The number of thiophene rings is 1. The average molecular weight is 573 g/mol. The van der Waals surface area contributed by atoms with Crippen molar-refractivity contribution in [1.82, 2.24) is 4.90 Å². The molecule has 134 valence electrons.